The zero-order valence-corrected chi connectivity index (χ0v) is 8.32. The molecule has 0 N–H and O–H groups in total. The number of nitrogens with zero attached hydrogens (tertiary/aromatic N) is 2. The summed E-state index contributed by atoms with van der Waals surface area (Å²) in [5.41, 5.74) is 1.53. The maximum absolute atomic E-state index is 11.8. The average molecular weight is 188 g/mol. The molecule has 3 nitrogen and oxygen atoms in total. The highest BCUT2D eigenvalue weighted by atomic mass is 16.1. The fourth-order valence-corrected chi connectivity index (χ4v) is 1.22. The van der Waals surface area contributed by atoms with E-state index in [1.807, 2.05) is 13.0 Å². The molecule has 72 valence electrons. The van der Waals surface area contributed by atoms with Gasteiger partial charge in [0.2, 0.25) is 0 Å². The van der Waals surface area contributed by atoms with Gasteiger partial charge >= 0.3 is 0 Å². The molecule has 0 saturated carbocycles. The third kappa shape index (κ3) is 2.17. The van der Waals surface area contributed by atoms with Crippen LogP contribution in [0.4, 0.5) is 0 Å². The molecule has 1 atom stereocenters. The summed E-state index contributed by atoms with van der Waals surface area (Å²) in [5, 5.41) is 8.48. The molecular formula is C11H12N2O. The molecule has 1 unspecified atom stereocenters. The number of ketones is 1. The van der Waals surface area contributed by atoms with Crippen molar-refractivity contribution < 1.29 is 4.79 Å². The van der Waals surface area contributed by atoms with E-state index in [4.69, 9.17) is 5.26 Å². The quantitative estimate of drug-likeness (QED) is 0.683. The van der Waals surface area contributed by atoms with Crippen LogP contribution in [0.2, 0.25) is 0 Å². The van der Waals surface area contributed by atoms with Crippen LogP contribution in [0.15, 0.2) is 18.5 Å². The van der Waals surface area contributed by atoms with Crippen LogP contribution >= 0.6 is 0 Å². The summed E-state index contributed by atoms with van der Waals surface area (Å²) in [6.45, 7) is 3.63. The Hall–Kier alpha value is -1.69. The highest BCUT2D eigenvalue weighted by Crippen LogP contribution is 2.13. The summed E-state index contributed by atoms with van der Waals surface area (Å²) in [5.74, 6) is -0.250. The normalized spacial score (nSPS) is 11.8. The molecule has 0 radical (unpaired) electrons. The summed E-state index contributed by atoms with van der Waals surface area (Å²) >= 11 is 0. The number of carbonyl (C=O) groups excluding carboxylic acids is 1. The van der Waals surface area contributed by atoms with Crippen molar-refractivity contribution in [2.45, 2.75) is 20.3 Å². The Labute approximate surface area is 83.4 Å². The standard InChI is InChI=1S/C11H12N2O/c1-8-4-6-13-7-10(8)11(14)9(2)3-5-12/h4,6-7,9H,3H2,1-2H3. The van der Waals surface area contributed by atoms with Gasteiger partial charge in [0.1, 0.15) is 0 Å². The molecule has 0 bridgehead atoms. The van der Waals surface area contributed by atoms with Gasteiger partial charge in [0.25, 0.3) is 0 Å². The third-order valence-electron chi connectivity index (χ3n) is 2.15. The summed E-state index contributed by atoms with van der Waals surface area (Å²) in [4.78, 5) is 15.7. The number of Topliss-reactive ketones (excluding diaryl/α,β-unsaturated/α-hetero) is 1. The SMILES string of the molecule is Cc1ccncc1C(=O)C(C)CC#N. The molecule has 0 aromatic carbocycles. The summed E-state index contributed by atoms with van der Waals surface area (Å²) in [6.07, 6.45) is 3.47. The van der Waals surface area contributed by atoms with Crippen molar-refractivity contribution in [3.8, 4) is 6.07 Å². The van der Waals surface area contributed by atoms with E-state index >= 15 is 0 Å². The van der Waals surface area contributed by atoms with E-state index in [0.29, 0.717) is 5.56 Å². The van der Waals surface area contributed by atoms with Crippen LogP contribution in [0.3, 0.4) is 0 Å². The monoisotopic (exact) mass is 188 g/mol. The van der Waals surface area contributed by atoms with Gasteiger partial charge in [0.05, 0.1) is 6.07 Å². The maximum atomic E-state index is 11.8. The predicted molar refractivity (Wildman–Crippen MR) is 52.7 cm³/mol. The minimum atomic E-state index is -0.247. The van der Waals surface area contributed by atoms with Crippen molar-refractivity contribution in [3.05, 3.63) is 29.6 Å². The molecule has 0 amide bonds. The van der Waals surface area contributed by atoms with Gasteiger partial charge in [-0.25, -0.2) is 0 Å². The first kappa shape index (κ1) is 10.4. The van der Waals surface area contributed by atoms with Gasteiger partial charge in [-0.2, -0.15) is 5.26 Å². The lowest BCUT2D eigenvalue weighted by atomic mass is 9.95. The second-order valence-corrected chi connectivity index (χ2v) is 3.32. The molecule has 0 spiro atoms. The maximum Gasteiger partial charge on any atom is 0.168 e. The van der Waals surface area contributed by atoms with Gasteiger partial charge in [-0.05, 0) is 18.6 Å². The molecule has 1 aromatic heterocycles. The molecule has 3 heteroatoms. The minimum absolute atomic E-state index is 0.00264. The van der Waals surface area contributed by atoms with Crippen LogP contribution in [-0.4, -0.2) is 10.8 Å². The van der Waals surface area contributed by atoms with Gasteiger partial charge in [-0.3, -0.25) is 9.78 Å². The van der Waals surface area contributed by atoms with E-state index < -0.39 is 0 Å². The second-order valence-electron chi connectivity index (χ2n) is 3.32. The van der Waals surface area contributed by atoms with E-state index in [1.165, 1.54) is 0 Å². The zero-order valence-electron chi connectivity index (χ0n) is 8.32. The molecule has 1 rings (SSSR count). The average Bonchev–Trinajstić information content (AvgIpc) is 2.18. The van der Waals surface area contributed by atoms with Crippen molar-refractivity contribution >= 4 is 5.78 Å². The van der Waals surface area contributed by atoms with Gasteiger partial charge in [0, 0.05) is 30.3 Å². The van der Waals surface area contributed by atoms with Crippen LogP contribution < -0.4 is 0 Å². The number of pyridine rings is 1. The molecule has 0 aliphatic heterocycles. The zero-order chi connectivity index (χ0) is 10.6. The van der Waals surface area contributed by atoms with E-state index in [9.17, 15) is 4.79 Å². The molecule has 0 aliphatic carbocycles. The molecular weight excluding hydrogens is 176 g/mol. The van der Waals surface area contributed by atoms with Crippen LogP contribution in [0.25, 0.3) is 0 Å². The molecule has 0 fully saturated rings. The topological polar surface area (TPSA) is 53.8 Å². The molecule has 14 heavy (non-hydrogen) atoms. The Balaban J connectivity index is 2.91. The van der Waals surface area contributed by atoms with Gasteiger partial charge in [0.15, 0.2) is 5.78 Å². The smallest absolute Gasteiger partial charge is 0.168 e. The summed E-state index contributed by atoms with van der Waals surface area (Å²) < 4.78 is 0. The number of nitriles is 1. The van der Waals surface area contributed by atoms with Crippen molar-refractivity contribution in [2.75, 3.05) is 0 Å². The van der Waals surface area contributed by atoms with Gasteiger partial charge in [-0.1, -0.05) is 6.92 Å². The lowest BCUT2D eigenvalue weighted by Crippen LogP contribution is -2.12. The molecule has 1 aromatic rings. The van der Waals surface area contributed by atoms with Crippen LogP contribution in [0.1, 0.15) is 29.3 Å². The fraction of sp³-hybridized carbons (Fsp3) is 0.364. The highest BCUT2D eigenvalue weighted by molar-refractivity contribution is 5.98. The Morgan fingerprint density at radius 1 is 1.71 bits per heavy atom. The lowest BCUT2D eigenvalue weighted by Gasteiger charge is -2.07. The van der Waals surface area contributed by atoms with E-state index in [2.05, 4.69) is 4.98 Å². The van der Waals surface area contributed by atoms with Crippen LogP contribution in [0, 0.1) is 24.2 Å². The van der Waals surface area contributed by atoms with E-state index in [0.717, 1.165) is 5.56 Å². The summed E-state index contributed by atoms with van der Waals surface area (Å²) in [7, 11) is 0. The van der Waals surface area contributed by atoms with Gasteiger partial charge in [-0.15, -0.1) is 0 Å². The predicted octanol–water partition coefficient (Wildman–Crippen LogP) is 2.12. The fourth-order valence-electron chi connectivity index (χ4n) is 1.22. The number of hydrogen-bond acceptors (Lipinski definition) is 3. The Kier molecular flexibility index (Phi) is 3.35. The number of rotatable bonds is 3. The van der Waals surface area contributed by atoms with Crippen LogP contribution in [0.5, 0.6) is 0 Å². The lowest BCUT2D eigenvalue weighted by molar-refractivity contribution is 0.0931. The second kappa shape index (κ2) is 4.52. The van der Waals surface area contributed by atoms with Crippen molar-refractivity contribution in [2.24, 2.45) is 5.92 Å². The first-order valence-electron chi connectivity index (χ1n) is 4.48. The molecule has 1 heterocycles. The van der Waals surface area contributed by atoms with Crippen molar-refractivity contribution in [1.82, 2.24) is 4.98 Å². The number of hydrogen-bond donors (Lipinski definition) is 0. The summed E-state index contributed by atoms with van der Waals surface area (Å²) in [6, 6.07) is 3.79. The molecule has 0 aliphatic rings. The van der Waals surface area contributed by atoms with Crippen LogP contribution in [-0.2, 0) is 0 Å². The first-order valence-corrected chi connectivity index (χ1v) is 4.48. The molecule has 0 saturated heterocycles. The minimum Gasteiger partial charge on any atom is -0.294 e. The Bertz CT molecular complexity index is 379. The number of carbonyl (C=O) groups is 1. The van der Waals surface area contributed by atoms with Crippen molar-refractivity contribution in [3.63, 3.8) is 0 Å². The Morgan fingerprint density at radius 3 is 3.00 bits per heavy atom. The largest absolute Gasteiger partial charge is 0.294 e. The third-order valence-corrected chi connectivity index (χ3v) is 2.15. The van der Waals surface area contributed by atoms with Crippen molar-refractivity contribution in [1.29, 1.82) is 5.26 Å². The Morgan fingerprint density at radius 2 is 2.43 bits per heavy atom. The van der Waals surface area contributed by atoms with E-state index in [-0.39, 0.29) is 18.1 Å². The van der Waals surface area contributed by atoms with Gasteiger partial charge < -0.3 is 0 Å². The van der Waals surface area contributed by atoms with E-state index in [1.54, 1.807) is 25.4 Å². The first-order chi connectivity index (χ1) is 6.66. The number of aromatic nitrogens is 1. The highest BCUT2D eigenvalue weighted by Gasteiger charge is 2.16. The number of aryl methyl sites for hydroxylation is 1.